The molecule has 0 N–H and O–H groups in total. The second kappa shape index (κ2) is 9.75. The maximum absolute atomic E-state index is 6.06. The summed E-state index contributed by atoms with van der Waals surface area (Å²) in [5, 5.41) is 4.91. The molecule has 36 heavy (non-hydrogen) atoms. The normalized spacial score (nSPS) is 23.6. The van der Waals surface area contributed by atoms with Crippen molar-refractivity contribution in [2.24, 2.45) is 0 Å². The van der Waals surface area contributed by atoms with Crippen LogP contribution in [-0.4, -0.2) is 69.2 Å². The zero-order valence-corrected chi connectivity index (χ0v) is 20.4. The van der Waals surface area contributed by atoms with Crippen LogP contribution in [-0.2, 0) is 9.47 Å². The Kier molecular flexibility index (Phi) is 6.16. The Morgan fingerprint density at radius 1 is 0.833 bits per heavy atom. The summed E-state index contributed by atoms with van der Waals surface area (Å²) >= 11 is 0. The van der Waals surface area contributed by atoms with Gasteiger partial charge in [0.25, 0.3) is 0 Å². The van der Waals surface area contributed by atoms with Crippen molar-refractivity contribution in [1.82, 2.24) is 29.7 Å². The predicted octanol–water partition coefficient (Wildman–Crippen LogP) is 3.63. The highest BCUT2D eigenvalue weighted by Crippen LogP contribution is 2.52. The van der Waals surface area contributed by atoms with Crippen LogP contribution in [0.1, 0.15) is 35.9 Å². The van der Waals surface area contributed by atoms with Crippen molar-refractivity contribution in [3.63, 3.8) is 0 Å². The zero-order valence-electron chi connectivity index (χ0n) is 20.4. The van der Waals surface area contributed by atoms with Crippen LogP contribution in [0.15, 0.2) is 67.5 Å². The van der Waals surface area contributed by atoms with Crippen molar-refractivity contribution in [3.05, 3.63) is 78.8 Å². The molecular weight excluding hydrogens is 454 g/mol. The fraction of sp³-hybridized carbons (Fsp3) is 0.370. The van der Waals surface area contributed by atoms with Crippen LogP contribution in [0, 0.1) is 0 Å². The third kappa shape index (κ3) is 3.94. The number of hydrogen-bond acceptors (Lipinski definition) is 8. The summed E-state index contributed by atoms with van der Waals surface area (Å²) < 4.78 is 14.0. The Bertz CT molecular complexity index is 1280. The van der Waals surface area contributed by atoms with Crippen LogP contribution in [0.4, 0.5) is 5.82 Å². The van der Waals surface area contributed by atoms with Crippen molar-refractivity contribution in [3.8, 4) is 17.1 Å². The zero-order chi connectivity index (χ0) is 24.5. The fourth-order valence-corrected chi connectivity index (χ4v) is 5.52. The molecular formula is C27H29N7O2. The number of pyridine rings is 2. The van der Waals surface area contributed by atoms with Crippen molar-refractivity contribution in [2.75, 3.05) is 32.2 Å². The van der Waals surface area contributed by atoms with Gasteiger partial charge in [0.05, 0.1) is 53.8 Å². The van der Waals surface area contributed by atoms with Crippen molar-refractivity contribution in [2.45, 2.75) is 36.9 Å². The second-order valence-corrected chi connectivity index (χ2v) is 9.25. The molecule has 5 heterocycles. The number of ether oxygens (including phenoxy) is 2. The summed E-state index contributed by atoms with van der Waals surface area (Å²) in [6.45, 7) is 2.08. The lowest BCUT2D eigenvalue weighted by Crippen LogP contribution is -2.54. The van der Waals surface area contributed by atoms with Crippen LogP contribution >= 0.6 is 0 Å². The molecule has 2 fully saturated rings. The number of nitrogens with zero attached hydrogens (tertiary/aromatic N) is 7. The quantitative estimate of drug-likeness (QED) is 0.394. The molecule has 1 aliphatic heterocycles. The molecule has 0 aromatic carbocycles. The number of rotatable bonds is 7. The van der Waals surface area contributed by atoms with Gasteiger partial charge < -0.3 is 14.4 Å². The number of methoxy groups -OCH3 is 2. The first-order valence-corrected chi connectivity index (χ1v) is 12.3. The van der Waals surface area contributed by atoms with Crippen LogP contribution in [0.5, 0.6) is 0 Å². The Hall–Kier alpha value is -3.69. The fourth-order valence-electron chi connectivity index (χ4n) is 5.52. The predicted molar refractivity (Wildman–Crippen MR) is 135 cm³/mol. The van der Waals surface area contributed by atoms with E-state index in [2.05, 4.69) is 14.9 Å². The highest BCUT2D eigenvalue weighted by Gasteiger charge is 2.55. The highest BCUT2D eigenvalue weighted by molar-refractivity contribution is 5.61. The van der Waals surface area contributed by atoms with E-state index in [9.17, 15) is 0 Å². The molecule has 2 unspecified atom stereocenters. The van der Waals surface area contributed by atoms with Crippen LogP contribution in [0.25, 0.3) is 17.1 Å². The minimum atomic E-state index is -0.143. The van der Waals surface area contributed by atoms with Gasteiger partial charge in [-0.15, -0.1) is 0 Å². The molecule has 4 aromatic rings. The summed E-state index contributed by atoms with van der Waals surface area (Å²) in [5.74, 6) is 0.848. The molecule has 0 spiro atoms. The van der Waals surface area contributed by atoms with Gasteiger partial charge in [-0.25, -0.2) is 9.67 Å². The van der Waals surface area contributed by atoms with Crippen LogP contribution in [0.3, 0.4) is 0 Å². The molecule has 6 rings (SSSR count). The Labute approximate surface area is 210 Å². The van der Waals surface area contributed by atoms with E-state index < -0.39 is 0 Å². The second-order valence-electron chi connectivity index (χ2n) is 9.25. The highest BCUT2D eigenvalue weighted by atomic mass is 16.5. The third-order valence-electron chi connectivity index (χ3n) is 7.31. The summed E-state index contributed by atoms with van der Waals surface area (Å²) in [6, 6.07) is 9.73. The molecule has 184 valence electrons. The Balaban J connectivity index is 1.36. The van der Waals surface area contributed by atoms with Gasteiger partial charge in [0, 0.05) is 57.4 Å². The van der Waals surface area contributed by atoms with E-state index >= 15 is 0 Å². The molecule has 0 amide bonds. The van der Waals surface area contributed by atoms with Crippen LogP contribution in [0.2, 0.25) is 0 Å². The van der Waals surface area contributed by atoms with Gasteiger partial charge in [-0.2, -0.15) is 5.10 Å². The summed E-state index contributed by atoms with van der Waals surface area (Å²) in [5.41, 5.74) is 4.39. The van der Waals surface area contributed by atoms with Crippen molar-refractivity contribution >= 4 is 5.82 Å². The lowest BCUT2D eigenvalue weighted by Gasteiger charge is -2.49. The monoisotopic (exact) mass is 483 g/mol. The number of hydrogen-bond donors (Lipinski definition) is 0. The van der Waals surface area contributed by atoms with E-state index in [0.717, 1.165) is 47.2 Å². The van der Waals surface area contributed by atoms with E-state index in [-0.39, 0.29) is 24.0 Å². The lowest BCUT2D eigenvalue weighted by molar-refractivity contribution is -0.116. The topological polar surface area (TPSA) is 91.1 Å². The first-order chi connectivity index (χ1) is 17.8. The summed E-state index contributed by atoms with van der Waals surface area (Å²) in [6.07, 6.45) is 13.3. The molecule has 1 saturated heterocycles. The van der Waals surface area contributed by atoms with E-state index in [0.29, 0.717) is 0 Å². The molecule has 9 heteroatoms. The van der Waals surface area contributed by atoms with Gasteiger partial charge in [-0.05, 0) is 37.1 Å². The molecule has 1 aliphatic carbocycles. The van der Waals surface area contributed by atoms with E-state index in [1.807, 2.05) is 53.6 Å². The number of aromatic nitrogens is 6. The summed E-state index contributed by atoms with van der Waals surface area (Å²) in [4.78, 5) is 20.7. The molecule has 2 aliphatic rings. The molecule has 2 atom stereocenters. The van der Waals surface area contributed by atoms with Crippen molar-refractivity contribution in [1.29, 1.82) is 0 Å². The standard InChI is InChI=1S/C27H29N7O2/c1-35-26-23(27(36-2)24(26)21-15-31-22(16-30-21)33-12-5-6-13-33)19-17-34(18-8-7-10-28-14-18)32-25(19)20-9-3-4-11-29-20/h3-4,7-11,14-17,23-24,26-27H,5-6,12-13H2,1-2H3. The largest absolute Gasteiger partial charge is 0.380 e. The SMILES string of the molecule is COC1C(c2cnc(N3CCCC3)cn2)C(OC)C1c1cn(-c2cccnc2)nc1-c1ccccn1. The minimum absolute atomic E-state index is 0.0385. The van der Waals surface area contributed by atoms with E-state index in [4.69, 9.17) is 24.5 Å². The minimum Gasteiger partial charge on any atom is -0.380 e. The smallest absolute Gasteiger partial charge is 0.147 e. The van der Waals surface area contributed by atoms with Gasteiger partial charge in [0.2, 0.25) is 0 Å². The third-order valence-corrected chi connectivity index (χ3v) is 7.31. The van der Waals surface area contributed by atoms with Crippen molar-refractivity contribution < 1.29 is 9.47 Å². The lowest BCUT2D eigenvalue weighted by atomic mass is 9.64. The maximum atomic E-state index is 6.06. The van der Waals surface area contributed by atoms with Gasteiger partial charge in [-0.3, -0.25) is 15.0 Å². The van der Waals surface area contributed by atoms with Gasteiger partial charge in [0.15, 0.2) is 0 Å². The van der Waals surface area contributed by atoms with Gasteiger partial charge in [-0.1, -0.05) is 6.07 Å². The molecule has 9 nitrogen and oxygen atoms in total. The summed E-state index contributed by atoms with van der Waals surface area (Å²) in [7, 11) is 3.49. The van der Waals surface area contributed by atoms with Crippen LogP contribution < -0.4 is 4.90 Å². The van der Waals surface area contributed by atoms with E-state index in [1.54, 1.807) is 32.8 Å². The van der Waals surface area contributed by atoms with Gasteiger partial charge >= 0.3 is 0 Å². The Morgan fingerprint density at radius 3 is 2.31 bits per heavy atom. The average molecular weight is 484 g/mol. The first kappa shape index (κ1) is 22.8. The number of anilines is 1. The van der Waals surface area contributed by atoms with Gasteiger partial charge in [0.1, 0.15) is 11.5 Å². The van der Waals surface area contributed by atoms with E-state index in [1.165, 1.54) is 12.8 Å². The average Bonchev–Trinajstić information content (AvgIpc) is 3.61. The molecule has 4 aromatic heterocycles. The Morgan fingerprint density at radius 2 is 1.67 bits per heavy atom. The first-order valence-electron chi connectivity index (χ1n) is 12.3. The maximum Gasteiger partial charge on any atom is 0.147 e. The molecule has 1 saturated carbocycles. The molecule has 0 bridgehead atoms. The molecule has 0 radical (unpaired) electrons.